The second-order valence-corrected chi connectivity index (χ2v) is 4.56. The lowest BCUT2D eigenvalue weighted by atomic mass is 10.0. The molecule has 1 saturated heterocycles. The zero-order chi connectivity index (χ0) is 13.0. The van der Waals surface area contributed by atoms with Crippen LogP contribution in [0.2, 0.25) is 0 Å². The molecular formula is C12H20N4O2. The molecule has 1 fully saturated rings. The van der Waals surface area contributed by atoms with Gasteiger partial charge >= 0.3 is 0 Å². The lowest BCUT2D eigenvalue weighted by Crippen LogP contribution is -2.44. The number of carbonyl (C=O) groups excluding carboxylic acids is 1. The molecule has 0 aliphatic carbocycles. The first-order valence-electron chi connectivity index (χ1n) is 6.47. The van der Waals surface area contributed by atoms with E-state index < -0.39 is 0 Å². The van der Waals surface area contributed by atoms with E-state index in [-0.39, 0.29) is 12.0 Å². The number of hydrogen-bond donors (Lipinski definition) is 0. The molecule has 0 aromatic carbocycles. The standard InChI is InChI=1S/C12H20N4O2/c1-3-18-10(2)12(17)15-6-4-11(5-7-15)16-8-13-14-9-16/h8-11H,3-7H2,1-2H3/t10-/m0/s1. The maximum atomic E-state index is 12.1. The molecule has 6 nitrogen and oxygen atoms in total. The molecule has 1 atom stereocenters. The molecule has 0 saturated carbocycles. The maximum Gasteiger partial charge on any atom is 0.251 e. The predicted octanol–water partition coefficient (Wildman–Crippen LogP) is 0.867. The van der Waals surface area contributed by atoms with Crippen molar-refractivity contribution in [3.05, 3.63) is 12.7 Å². The number of ether oxygens (including phenoxy) is 1. The Hall–Kier alpha value is -1.43. The summed E-state index contributed by atoms with van der Waals surface area (Å²) in [5, 5.41) is 7.63. The summed E-state index contributed by atoms with van der Waals surface area (Å²) in [7, 11) is 0. The molecule has 6 heteroatoms. The highest BCUT2D eigenvalue weighted by molar-refractivity contribution is 5.80. The van der Waals surface area contributed by atoms with Crippen molar-refractivity contribution < 1.29 is 9.53 Å². The van der Waals surface area contributed by atoms with Crippen LogP contribution in [0.3, 0.4) is 0 Å². The van der Waals surface area contributed by atoms with Gasteiger partial charge in [0.25, 0.3) is 5.91 Å². The van der Waals surface area contributed by atoms with Gasteiger partial charge in [0, 0.05) is 25.7 Å². The van der Waals surface area contributed by atoms with Gasteiger partial charge in [0.1, 0.15) is 18.8 Å². The highest BCUT2D eigenvalue weighted by atomic mass is 16.5. The fourth-order valence-electron chi connectivity index (χ4n) is 2.36. The minimum absolute atomic E-state index is 0.0963. The Bertz CT molecular complexity index is 371. The third kappa shape index (κ3) is 2.87. The summed E-state index contributed by atoms with van der Waals surface area (Å²) in [5.74, 6) is 0.0963. The van der Waals surface area contributed by atoms with Crippen LogP contribution in [-0.4, -0.2) is 51.4 Å². The average Bonchev–Trinajstić information content (AvgIpc) is 2.92. The zero-order valence-corrected chi connectivity index (χ0v) is 11.0. The molecule has 0 bridgehead atoms. The minimum atomic E-state index is -0.332. The quantitative estimate of drug-likeness (QED) is 0.797. The van der Waals surface area contributed by atoms with Crippen LogP contribution in [0.25, 0.3) is 0 Å². The fraction of sp³-hybridized carbons (Fsp3) is 0.750. The van der Waals surface area contributed by atoms with E-state index in [0.29, 0.717) is 12.6 Å². The van der Waals surface area contributed by atoms with E-state index in [2.05, 4.69) is 10.2 Å². The van der Waals surface area contributed by atoms with Gasteiger partial charge in [-0.3, -0.25) is 4.79 Å². The van der Waals surface area contributed by atoms with Crippen molar-refractivity contribution in [1.82, 2.24) is 19.7 Å². The lowest BCUT2D eigenvalue weighted by molar-refractivity contribution is -0.143. The Morgan fingerprint density at radius 3 is 2.56 bits per heavy atom. The van der Waals surface area contributed by atoms with Gasteiger partial charge in [-0.2, -0.15) is 0 Å². The molecule has 1 amide bonds. The van der Waals surface area contributed by atoms with E-state index in [4.69, 9.17) is 4.74 Å². The van der Waals surface area contributed by atoms with Crippen LogP contribution in [0, 0.1) is 0 Å². The molecule has 1 aliphatic heterocycles. The van der Waals surface area contributed by atoms with Crippen LogP contribution in [0.1, 0.15) is 32.7 Å². The van der Waals surface area contributed by atoms with E-state index in [9.17, 15) is 4.79 Å². The van der Waals surface area contributed by atoms with E-state index in [1.165, 1.54) is 0 Å². The molecule has 1 aromatic rings. The second kappa shape index (κ2) is 5.95. The summed E-state index contributed by atoms with van der Waals surface area (Å²) in [4.78, 5) is 13.9. The molecule has 0 unspecified atom stereocenters. The first-order chi connectivity index (χ1) is 8.72. The predicted molar refractivity (Wildman–Crippen MR) is 66.0 cm³/mol. The van der Waals surface area contributed by atoms with Crippen molar-refractivity contribution in [2.24, 2.45) is 0 Å². The zero-order valence-electron chi connectivity index (χ0n) is 11.0. The van der Waals surface area contributed by atoms with Gasteiger partial charge in [0.05, 0.1) is 0 Å². The first kappa shape index (κ1) is 13.0. The Morgan fingerprint density at radius 1 is 1.39 bits per heavy atom. The summed E-state index contributed by atoms with van der Waals surface area (Å²) in [6.07, 6.45) is 5.04. The Morgan fingerprint density at radius 2 is 2.00 bits per heavy atom. The van der Waals surface area contributed by atoms with Crippen LogP contribution in [0.5, 0.6) is 0 Å². The van der Waals surface area contributed by atoms with Gasteiger partial charge in [-0.05, 0) is 26.7 Å². The summed E-state index contributed by atoms with van der Waals surface area (Å²) in [5.41, 5.74) is 0. The molecule has 0 radical (unpaired) electrons. The molecule has 0 N–H and O–H groups in total. The minimum Gasteiger partial charge on any atom is -0.369 e. The Kier molecular flexibility index (Phi) is 4.30. The number of rotatable bonds is 4. The number of aromatic nitrogens is 3. The van der Waals surface area contributed by atoms with Crippen LogP contribution in [0.4, 0.5) is 0 Å². The van der Waals surface area contributed by atoms with Gasteiger partial charge in [-0.15, -0.1) is 10.2 Å². The normalized spacial score (nSPS) is 18.9. The number of hydrogen-bond acceptors (Lipinski definition) is 4. The van der Waals surface area contributed by atoms with Crippen molar-refractivity contribution in [2.45, 2.75) is 38.8 Å². The second-order valence-electron chi connectivity index (χ2n) is 4.56. The number of likely N-dealkylation sites (tertiary alicyclic amines) is 1. The van der Waals surface area contributed by atoms with E-state index in [1.807, 2.05) is 23.3 Å². The van der Waals surface area contributed by atoms with E-state index >= 15 is 0 Å². The molecule has 18 heavy (non-hydrogen) atoms. The molecular weight excluding hydrogens is 232 g/mol. The fourth-order valence-corrected chi connectivity index (χ4v) is 2.36. The molecule has 2 rings (SSSR count). The van der Waals surface area contributed by atoms with Crippen LogP contribution < -0.4 is 0 Å². The lowest BCUT2D eigenvalue weighted by Gasteiger charge is -2.33. The third-order valence-corrected chi connectivity index (χ3v) is 3.40. The average molecular weight is 252 g/mol. The van der Waals surface area contributed by atoms with E-state index in [0.717, 1.165) is 25.9 Å². The van der Waals surface area contributed by atoms with Crippen molar-refractivity contribution >= 4 is 5.91 Å². The number of amides is 1. The van der Waals surface area contributed by atoms with Gasteiger partial charge in [-0.25, -0.2) is 0 Å². The largest absolute Gasteiger partial charge is 0.369 e. The molecule has 1 aromatic heterocycles. The van der Waals surface area contributed by atoms with Crippen molar-refractivity contribution in [3.63, 3.8) is 0 Å². The monoisotopic (exact) mass is 252 g/mol. The maximum absolute atomic E-state index is 12.1. The highest BCUT2D eigenvalue weighted by Crippen LogP contribution is 2.22. The number of nitrogens with zero attached hydrogens (tertiary/aromatic N) is 4. The van der Waals surface area contributed by atoms with Crippen LogP contribution in [-0.2, 0) is 9.53 Å². The Balaban J connectivity index is 1.85. The summed E-state index contributed by atoms with van der Waals surface area (Å²) < 4.78 is 7.36. The Labute approximate surface area is 107 Å². The summed E-state index contributed by atoms with van der Waals surface area (Å²) in [6, 6.07) is 0.409. The van der Waals surface area contributed by atoms with Crippen molar-refractivity contribution in [3.8, 4) is 0 Å². The van der Waals surface area contributed by atoms with Gasteiger partial charge < -0.3 is 14.2 Å². The van der Waals surface area contributed by atoms with Crippen molar-refractivity contribution in [2.75, 3.05) is 19.7 Å². The molecule has 1 aliphatic rings. The summed E-state index contributed by atoms with van der Waals surface area (Å²) >= 11 is 0. The SMILES string of the molecule is CCO[C@@H](C)C(=O)N1CCC(n2cnnc2)CC1. The highest BCUT2D eigenvalue weighted by Gasteiger charge is 2.26. The van der Waals surface area contributed by atoms with Gasteiger partial charge in [0.15, 0.2) is 0 Å². The number of piperidine rings is 1. The van der Waals surface area contributed by atoms with Gasteiger partial charge in [0.2, 0.25) is 0 Å². The summed E-state index contributed by atoms with van der Waals surface area (Å²) in [6.45, 7) is 5.85. The van der Waals surface area contributed by atoms with Crippen molar-refractivity contribution in [1.29, 1.82) is 0 Å². The van der Waals surface area contributed by atoms with Crippen LogP contribution in [0.15, 0.2) is 12.7 Å². The first-order valence-corrected chi connectivity index (χ1v) is 6.47. The smallest absolute Gasteiger partial charge is 0.251 e. The number of carbonyl (C=O) groups is 1. The van der Waals surface area contributed by atoms with Gasteiger partial charge in [-0.1, -0.05) is 0 Å². The van der Waals surface area contributed by atoms with Crippen LogP contribution >= 0.6 is 0 Å². The molecule has 100 valence electrons. The van der Waals surface area contributed by atoms with E-state index in [1.54, 1.807) is 12.7 Å². The topological polar surface area (TPSA) is 60.2 Å². The molecule has 2 heterocycles. The third-order valence-electron chi connectivity index (χ3n) is 3.40. The molecule has 0 spiro atoms.